The van der Waals surface area contributed by atoms with Crippen molar-refractivity contribution in [3.63, 3.8) is 0 Å². The van der Waals surface area contributed by atoms with E-state index in [0.717, 1.165) is 5.56 Å². The van der Waals surface area contributed by atoms with Gasteiger partial charge in [-0.15, -0.1) is 0 Å². The first-order chi connectivity index (χ1) is 10.6. The third-order valence-electron chi connectivity index (χ3n) is 4.04. The van der Waals surface area contributed by atoms with Crippen LogP contribution in [0.15, 0.2) is 48.7 Å². The van der Waals surface area contributed by atoms with Crippen LogP contribution < -0.4 is 4.74 Å². The summed E-state index contributed by atoms with van der Waals surface area (Å²) in [6, 6.07) is 12.9. The number of carbonyl (C=O) groups is 1. The van der Waals surface area contributed by atoms with Crippen molar-refractivity contribution in [2.75, 3.05) is 20.2 Å². The van der Waals surface area contributed by atoms with Gasteiger partial charge in [-0.2, -0.15) is 0 Å². The number of carbonyl (C=O) groups excluding carboxylic acids is 1. The maximum Gasteiger partial charge on any atom is 0.259 e. The molecule has 1 aromatic heterocycles. The molecule has 0 aliphatic carbocycles. The summed E-state index contributed by atoms with van der Waals surface area (Å²) in [5.74, 6) is 0.138. The zero-order valence-corrected chi connectivity index (χ0v) is 12.4. The first kappa shape index (κ1) is 14.5. The van der Waals surface area contributed by atoms with E-state index in [1.165, 1.54) is 7.11 Å². The molecule has 1 saturated heterocycles. The smallest absolute Gasteiger partial charge is 0.259 e. The zero-order chi connectivity index (χ0) is 15.6. The van der Waals surface area contributed by atoms with E-state index in [9.17, 15) is 9.90 Å². The van der Waals surface area contributed by atoms with Crippen LogP contribution in [0.1, 0.15) is 22.3 Å². The zero-order valence-electron chi connectivity index (χ0n) is 12.4. The highest BCUT2D eigenvalue weighted by molar-refractivity contribution is 5.96. The van der Waals surface area contributed by atoms with Crippen molar-refractivity contribution < 1.29 is 14.6 Å². The molecule has 0 radical (unpaired) electrons. The minimum atomic E-state index is -0.994. The molecule has 1 N–H and O–H groups in total. The van der Waals surface area contributed by atoms with E-state index in [-0.39, 0.29) is 12.5 Å². The molecule has 3 rings (SSSR count). The van der Waals surface area contributed by atoms with Crippen LogP contribution in [0.4, 0.5) is 0 Å². The highest BCUT2D eigenvalue weighted by Gasteiger charge is 2.40. The van der Waals surface area contributed by atoms with Crippen LogP contribution in [0.5, 0.6) is 5.88 Å². The molecule has 0 unspecified atom stereocenters. The summed E-state index contributed by atoms with van der Waals surface area (Å²) in [7, 11) is 1.49. The predicted octanol–water partition coefficient (Wildman–Crippen LogP) is 1.82. The second kappa shape index (κ2) is 5.77. The summed E-state index contributed by atoms with van der Waals surface area (Å²) >= 11 is 0. The summed E-state index contributed by atoms with van der Waals surface area (Å²) in [4.78, 5) is 18.3. The van der Waals surface area contributed by atoms with Crippen LogP contribution in [0, 0.1) is 0 Å². The molecule has 2 heterocycles. The summed E-state index contributed by atoms with van der Waals surface area (Å²) < 4.78 is 5.14. The Labute approximate surface area is 129 Å². The number of benzene rings is 1. The number of hydrogen-bond donors (Lipinski definition) is 1. The van der Waals surface area contributed by atoms with Crippen LogP contribution in [-0.4, -0.2) is 41.1 Å². The number of amides is 1. The number of likely N-dealkylation sites (tertiary alicyclic amines) is 1. The number of aromatic nitrogens is 1. The number of hydrogen-bond acceptors (Lipinski definition) is 4. The number of β-amino-alcohol motifs (C(OH)–C–C–N with tert-alkyl or cyclic N) is 1. The summed E-state index contributed by atoms with van der Waals surface area (Å²) in [5.41, 5.74) is 0.262. The SMILES string of the molecule is COc1ncccc1C(=O)N1CC[C@@](O)(c2ccccc2)C1. The molecule has 1 aliphatic rings. The van der Waals surface area contributed by atoms with E-state index < -0.39 is 5.60 Å². The standard InChI is InChI=1S/C17H18N2O3/c1-22-15-14(8-5-10-18-15)16(20)19-11-9-17(21,12-19)13-6-3-2-4-7-13/h2-8,10,21H,9,11-12H2,1H3/t17-/m0/s1. The fourth-order valence-electron chi connectivity index (χ4n) is 2.84. The Bertz CT molecular complexity index is 675. The van der Waals surface area contributed by atoms with Gasteiger partial charge in [0.2, 0.25) is 5.88 Å². The van der Waals surface area contributed by atoms with Crippen molar-refractivity contribution in [1.82, 2.24) is 9.88 Å². The fourth-order valence-corrected chi connectivity index (χ4v) is 2.84. The van der Waals surface area contributed by atoms with Gasteiger partial charge in [-0.3, -0.25) is 4.79 Å². The quantitative estimate of drug-likeness (QED) is 0.939. The van der Waals surface area contributed by atoms with Crippen LogP contribution in [0.25, 0.3) is 0 Å². The monoisotopic (exact) mass is 298 g/mol. The van der Waals surface area contributed by atoms with E-state index in [4.69, 9.17) is 4.74 Å². The van der Waals surface area contributed by atoms with Gasteiger partial charge in [-0.05, 0) is 24.1 Å². The van der Waals surface area contributed by atoms with Gasteiger partial charge in [-0.1, -0.05) is 30.3 Å². The molecule has 1 amide bonds. The fraction of sp³-hybridized carbons (Fsp3) is 0.294. The molecule has 5 nitrogen and oxygen atoms in total. The van der Waals surface area contributed by atoms with Gasteiger partial charge in [0.1, 0.15) is 11.2 Å². The second-order valence-corrected chi connectivity index (χ2v) is 5.43. The lowest BCUT2D eigenvalue weighted by Crippen LogP contribution is -2.34. The van der Waals surface area contributed by atoms with E-state index >= 15 is 0 Å². The van der Waals surface area contributed by atoms with Crippen molar-refractivity contribution in [3.8, 4) is 5.88 Å². The number of pyridine rings is 1. The highest BCUT2D eigenvalue weighted by Crippen LogP contribution is 2.33. The molecule has 2 aromatic rings. The maximum atomic E-state index is 12.6. The minimum absolute atomic E-state index is 0.170. The normalized spacial score (nSPS) is 20.9. The average Bonchev–Trinajstić information content (AvgIpc) is 2.98. The lowest BCUT2D eigenvalue weighted by atomic mass is 9.93. The van der Waals surface area contributed by atoms with Gasteiger partial charge in [0.15, 0.2) is 0 Å². The highest BCUT2D eigenvalue weighted by atomic mass is 16.5. The average molecular weight is 298 g/mol. The molecule has 22 heavy (non-hydrogen) atoms. The molecular weight excluding hydrogens is 280 g/mol. The van der Waals surface area contributed by atoms with Crippen molar-refractivity contribution in [2.24, 2.45) is 0 Å². The van der Waals surface area contributed by atoms with Crippen molar-refractivity contribution in [3.05, 3.63) is 59.8 Å². The number of aliphatic hydroxyl groups is 1. The number of nitrogens with zero attached hydrogens (tertiary/aromatic N) is 2. The molecule has 1 atom stereocenters. The second-order valence-electron chi connectivity index (χ2n) is 5.43. The number of methoxy groups -OCH3 is 1. The Morgan fingerprint density at radius 2 is 2.05 bits per heavy atom. The third-order valence-corrected chi connectivity index (χ3v) is 4.04. The molecular formula is C17H18N2O3. The lowest BCUT2D eigenvalue weighted by molar-refractivity contribution is 0.0416. The Hall–Kier alpha value is -2.40. The van der Waals surface area contributed by atoms with E-state index in [2.05, 4.69) is 4.98 Å². The molecule has 1 aromatic carbocycles. The first-order valence-corrected chi connectivity index (χ1v) is 7.20. The molecule has 0 saturated carbocycles. The maximum absolute atomic E-state index is 12.6. The van der Waals surface area contributed by atoms with Gasteiger partial charge >= 0.3 is 0 Å². The van der Waals surface area contributed by atoms with Gasteiger partial charge in [0.05, 0.1) is 13.7 Å². The van der Waals surface area contributed by atoms with Crippen molar-refractivity contribution >= 4 is 5.91 Å². The third kappa shape index (κ3) is 2.55. The minimum Gasteiger partial charge on any atom is -0.480 e. The van der Waals surface area contributed by atoms with Crippen LogP contribution in [0.3, 0.4) is 0 Å². The van der Waals surface area contributed by atoms with E-state index in [0.29, 0.717) is 24.4 Å². The van der Waals surface area contributed by atoms with Gasteiger partial charge < -0.3 is 14.7 Å². The summed E-state index contributed by atoms with van der Waals surface area (Å²) in [6.45, 7) is 0.774. The molecule has 0 spiro atoms. The Kier molecular flexibility index (Phi) is 3.81. The Morgan fingerprint density at radius 1 is 1.27 bits per heavy atom. The molecule has 0 bridgehead atoms. The van der Waals surface area contributed by atoms with Crippen LogP contribution in [-0.2, 0) is 5.60 Å². The van der Waals surface area contributed by atoms with E-state index in [1.807, 2.05) is 30.3 Å². The summed E-state index contributed by atoms with van der Waals surface area (Å²) in [6.07, 6.45) is 2.10. The molecule has 1 fully saturated rings. The molecule has 5 heteroatoms. The van der Waals surface area contributed by atoms with Gasteiger partial charge in [-0.25, -0.2) is 4.98 Å². The predicted molar refractivity (Wildman–Crippen MR) is 81.6 cm³/mol. The molecule has 114 valence electrons. The van der Waals surface area contributed by atoms with E-state index in [1.54, 1.807) is 23.2 Å². The molecule has 1 aliphatic heterocycles. The van der Waals surface area contributed by atoms with Crippen molar-refractivity contribution in [2.45, 2.75) is 12.0 Å². The summed E-state index contributed by atoms with van der Waals surface area (Å²) in [5, 5.41) is 10.8. The topological polar surface area (TPSA) is 62.7 Å². The number of rotatable bonds is 3. The van der Waals surface area contributed by atoms with Crippen molar-refractivity contribution in [1.29, 1.82) is 0 Å². The van der Waals surface area contributed by atoms with Gasteiger partial charge in [0, 0.05) is 12.7 Å². The Balaban J connectivity index is 1.82. The number of ether oxygens (including phenoxy) is 1. The van der Waals surface area contributed by atoms with Crippen LogP contribution >= 0.6 is 0 Å². The lowest BCUT2D eigenvalue weighted by Gasteiger charge is -2.24. The largest absolute Gasteiger partial charge is 0.480 e. The first-order valence-electron chi connectivity index (χ1n) is 7.20. The van der Waals surface area contributed by atoms with Crippen LogP contribution in [0.2, 0.25) is 0 Å². The Morgan fingerprint density at radius 3 is 2.77 bits per heavy atom. The van der Waals surface area contributed by atoms with Gasteiger partial charge in [0.25, 0.3) is 5.91 Å².